The summed E-state index contributed by atoms with van der Waals surface area (Å²) < 4.78 is 0. The van der Waals surface area contributed by atoms with E-state index < -0.39 is 0 Å². The Bertz CT molecular complexity index is 819. The van der Waals surface area contributed by atoms with Crippen molar-refractivity contribution in [3.63, 3.8) is 0 Å². The predicted octanol–water partition coefficient (Wildman–Crippen LogP) is 5.03. The van der Waals surface area contributed by atoms with Gasteiger partial charge < -0.3 is 15.1 Å². The van der Waals surface area contributed by atoms with E-state index in [-0.39, 0.29) is 11.3 Å². The first-order valence-corrected chi connectivity index (χ1v) is 10.3. The maximum absolute atomic E-state index is 12.6. The molecule has 1 amide bonds. The molecule has 0 atom stereocenters. The van der Waals surface area contributed by atoms with E-state index in [0.717, 1.165) is 38.4 Å². The SMILES string of the molecule is CCN1CCN(c2ccc(NC(=O)c3ccc(C(C)(C)C)cc3)cc2Cl)CC1. The number of hydrogen-bond donors (Lipinski definition) is 1. The zero-order chi connectivity index (χ0) is 20.3. The summed E-state index contributed by atoms with van der Waals surface area (Å²) in [4.78, 5) is 17.3. The van der Waals surface area contributed by atoms with Gasteiger partial charge in [-0.1, -0.05) is 51.4 Å². The van der Waals surface area contributed by atoms with Crippen molar-refractivity contribution < 1.29 is 4.79 Å². The summed E-state index contributed by atoms with van der Waals surface area (Å²) in [6.45, 7) is 13.8. The average Bonchev–Trinajstić information content (AvgIpc) is 2.68. The Balaban J connectivity index is 1.66. The monoisotopic (exact) mass is 399 g/mol. The predicted molar refractivity (Wildman–Crippen MR) is 119 cm³/mol. The van der Waals surface area contributed by atoms with E-state index >= 15 is 0 Å². The smallest absolute Gasteiger partial charge is 0.255 e. The molecular formula is C23H30ClN3O. The largest absolute Gasteiger partial charge is 0.368 e. The minimum absolute atomic E-state index is 0.0704. The molecule has 2 aromatic rings. The summed E-state index contributed by atoms with van der Waals surface area (Å²) in [5.74, 6) is -0.124. The first kappa shape index (κ1) is 20.7. The van der Waals surface area contributed by atoms with E-state index in [1.165, 1.54) is 5.56 Å². The molecule has 0 aromatic heterocycles. The fraction of sp³-hybridized carbons (Fsp3) is 0.435. The molecule has 0 unspecified atom stereocenters. The molecular weight excluding hydrogens is 370 g/mol. The van der Waals surface area contributed by atoms with Gasteiger partial charge in [-0.3, -0.25) is 4.79 Å². The fourth-order valence-corrected chi connectivity index (χ4v) is 3.77. The number of carbonyl (C=O) groups excluding carboxylic acids is 1. The van der Waals surface area contributed by atoms with Crippen LogP contribution in [0, 0.1) is 0 Å². The number of anilines is 2. The number of halogens is 1. The molecule has 0 saturated carbocycles. The lowest BCUT2D eigenvalue weighted by Crippen LogP contribution is -2.46. The lowest BCUT2D eigenvalue weighted by Gasteiger charge is -2.36. The molecule has 2 aromatic carbocycles. The van der Waals surface area contributed by atoms with E-state index in [4.69, 9.17) is 11.6 Å². The van der Waals surface area contributed by atoms with Gasteiger partial charge in [0.1, 0.15) is 0 Å². The van der Waals surface area contributed by atoms with Crippen molar-refractivity contribution in [3.8, 4) is 0 Å². The van der Waals surface area contributed by atoms with Crippen molar-refractivity contribution in [1.82, 2.24) is 4.90 Å². The molecule has 0 spiro atoms. The molecule has 0 aliphatic carbocycles. The molecule has 1 aliphatic rings. The first-order chi connectivity index (χ1) is 13.3. The van der Waals surface area contributed by atoms with Crippen molar-refractivity contribution in [2.24, 2.45) is 0 Å². The van der Waals surface area contributed by atoms with Gasteiger partial charge in [-0.25, -0.2) is 0 Å². The van der Waals surface area contributed by atoms with E-state index in [1.54, 1.807) is 0 Å². The molecule has 4 nitrogen and oxygen atoms in total. The van der Waals surface area contributed by atoms with Crippen molar-refractivity contribution in [3.05, 3.63) is 58.6 Å². The van der Waals surface area contributed by atoms with Crippen LogP contribution < -0.4 is 10.2 Å². The van der Waals surface area contributed by atoms with E-state index in [9.17, 15) is 4.79 Å². The molecule has 0 bridgehead atoms. The quantitative estimate of drug-likeness (QED) is 0.782. The van der Waals surface area contributed by atoms with E-state index in [0.29, 0.717) is 16.3 Å². The molecule has 3 rings (SSSR count). The molecule has 1 heterocycles. The molecule has 1 N–H and O–H groups in total. The average molecular weight is 400 g/mol. The zero-order valence-electron chi connectivity index (χ0n) is 17.3. The van der Waals surface area contributed by atoms with Gasteiger partial charge in [0.05, 0.1) is 10.7 Å². The van der Waals surface area contributed by atoms with Gasteiger partial charge in [0.25, 0.3) is 5.91 Å². The molecule has 1 saturated heterocycles. The highest BCUT2D eigenvalue weighted by molar-refractivity contribution is 6.33. The number of carbonyl (C=O) groups is 1. The summed E-state index contributed by atoms with van der Waals surface area (Å²) >= 11 is 6.53. The van der Waals surface area contributed by atoms with Gasteiger partial charge in [0.2, 0.25) is 0 Å². The third-order valence-corrected chi connectivity index (χ3v) is 5.68. The minimum atomic E-state index is -0.124. The van der Waals surface area contributed by atoms with Crippen LogP contribution in [-0.4, -0.2) is 43.5 Å². The van der Waals surface area contributed by atoms with Crippen LogP contribution in [0.2, 0.25) is 5.02 Å². The Morgan fingerprint density at radius 1 is 1.04 bits per heavy atom. The van der Waals surface area contributed by atoms with Gasteiger partial charge in [-0.15, -0.1) is 0 Å². The molecule has 28 heavy (non-hydrogen) atoms. The second kappa shape index (κ2) is 8.54. The summed E-state index contributed by atoms with van der Waals surface area (Å²) in [7, 11) is 0. The van der Waals surface area contributed by atoms with Crippen LogP contribution in [0.4, 0.5) is 11.4 Å². The van der Waals surface area contributed by atoms with Crippen molar-refractivity contribution in [1.29, 1.82) is 0 Å². The zero-order valence-corrected chi connectivity index (χ0v) is 18.0. The van der Waals surface area contributed by atoms with Crippen molar-refractivity contribution >= 4 is 28.9 Å². The van der Waals surface area contributed by atoms with E-state index in [1.807, 2.05) is 42.5 Å². The number of likely N-dealkylation sites (N-methyl/N-ethyl adjacent to an activating group) is 1. The normalized spacial score (nSPS) is 15.5. The number of piperazine rings is 1. The lowest BCUT2D eigenvalue weighted by atomic mass is 9.87. The van der Waals surface area contributed by atoms with Crippen LogP contribution >= 0.6 is 11.6 Å². The van der Waals surface area contributed by atoms with Crippen LogP contribution in [0.5, 0.6) is 0 Å². The van der Waals surface area contributed by atoms with Crippen molar-refractivity contribution in [2.75, 3.05) is 42.9 Å². The Morgan fingerprint density at radius 3 is 2.21 bits per heavy atom. The topological polar surface area (TPSA) is 35.6 Å². The highest BCUT2D eigenvalue weighted by atomic mass is 35.5. The maximum Gasteiger partial charge on any atom is 0.255 e. The lowest BCUT2D eigenvalue weighted by molar-refractivity contribution is 0.102. The fourth-order valence-electron chi connectivity index (χ4n) is 3.47. The molecule has 5 heteroatoms. The number of amides is 1. The van der Waals surface area contributed by atoms with Crippen LogP contribution in [0.3, 0.4) is 0 Å². The second-order valence-corrected chi connectivity index (χ2v) is 8.78. The summed E-state index contributed by atoms with van der Waals surface area (Å²) in [6.07, 6.45) is 0. The first-order valence-electron chi connectivity index (χ1n) is 9.96. The summed E-state index contributed by atoms with van der Waals surface area (Å²) in [5, 5.41) is 3.63. The van der Waals surface area contributed by atoms with Crippen LogP contribution in [-0.2, 0) is 5.41 Å². The van der Waals surface area contributed by atoms with Crippen molar-refractivity contribution in [2.45, 2.75) is 33.1 Å². The highest BCUT2D eigenvalue weighted by Crippen LogP contribution is 2.30. The van der Waals surface area contributed by atoms with Gasteiger partial charge in [0, 0.05) is 37.4 Å². The summed E-state index contributed by atoms with van der Waals surface area (Å²) in [6, 6.07) is 13.5. The Kier molecular flexibility index (Phi) is 6.31. The van der Waals surface area contributed by atoms with Gasteiger partial charge >= 0.3 is 0 Å². The molecule has 150 valence electrons. The molecule has 0 radical (unpaired) electrons. The number of nitrogens with zero attached hydrogens (tertiary/aromatic N) is 2. The molecule has 1 aliphatic heterocycles. The van der Waals surface area contributed by atoms with Gasteiger partial charge in [-0.2, -0.15) is 0 Å². The minimum Gasteiger partial charge on any atom is -0.368 e. The third-order valence-electron chi connectivity index (χ3n) is 5.38. The van der Waals surface area contributed by atoms with Crippen LogP contribution in [0.15, 0.2) is 42.5 Å². The molecule has 1 fully saturated rings. The maximum atomic E-state index is 12.6. The summed E-state index contributed by atoms with van der Waals surface area (Å²) in [5.41, 5.74) is 3.67. The number of hydrogen-bond acceptors (Lipinski definition) is 3. The second-order valence-electron chi connectivity index (χ2n) is 8.37. The number of rotatable bonds is 4. The van der Waals surface area contributed by atoms with Crippen LogP contribution in [0.1, 0.15) is 43.6 Å². The van der Waals surface area contributed by atoms with Crippen LogP contribution in [0.25, 0.3) is 0 Å². The van der Waals surface area contributed by atoms with E-state index in [2.05, 4.69) is 42.8 Å². The Morgan fingerprint density at radius 2 is 1.68 bits per heavy atom. The van der Waals surface area contributed by atoms with Gasteiger partial charge in [-0.05, 0) is 47.9 Å². The highest BCUT2D eigenvalue weighted by Gasteiger charge is 2.18. The number of benzene rings is 2. The Hall–Kier alpha value is -2.04. The standard InChI is InChI=1S/C23H30ClN3O/c1-5-26-12-14-27(15-13-26)21-11-10-19(16-20(21)24)25-22(28)17-6-8-18(9-7-17)23(2,3)4/h6-11,16H,5,12-15H2,1-4H3,(H,25,28). The number of nitrogens with one attached hydrogen (secondary N) is 1. The van der Waals surface area contributed by atoms with Gasteiger partial charge in [0.15, 0.2) is 0 Å². The Labute approximate surface area is 173 Å². The third kappa shape index (κ3) is 4.86.